The van der Waals surface area contributed by atoms with E-state index in [9.17, 15) is 22.4 Å². The van der Waals surface area contributed by atoms with Gasteiger partial charge in [-0.25, -0.2) is 31.7 Å². The van der Waals surface area contributed by atoms with Crippen LogP contribution in [0.1, 0.15) is 41.5 Å². The zero-order valence-corrected chi connectivity index (χ0v) is 26.8. The van der Waals surface area contributed by atoms with Gasteiger partial charge in [0.15, 0.2) is 0 Å². The molecule has 2 heterocycles. The van der Waals surface area contributed by atoms with E-state index in [2.05, 4.69) is 25.8 Å². The highest BCUT2D eigenvalue weighted by Crippen LogP contribution is 2.32. The van der Waals surface area contributed by atoms with Crippen molar-refractivity contribution in [3.8, 4) is 17.1 Å². The molecule has 0 saturated heterocycles. The van der Waals surface area contributed by atoms with Crippen molar-refractivity contribution in [3.05, 3.63) is 53.4 Å². The maximum absolute atomic E-state index is 14.7. The highest BCUT2D eigenvalue weighted by molar-refractivity contribution is 7.88. The van der Waals surface area contributed by atoms with E-state index >= 15 is 0 Å². The molecule has 2 aromatic heterocycles. The zero-order valence-electron chi connectivity index (χ0n) is 25.3. The molecule has 0 bridgehead atoms. The van der Waals surface area contributed by atoms with E-state index in [1.807, 2.05) is 0 Å². The molecule has 0 atom stereocenters. The number of carbonyl (C=O) groups excluding carboxylic acids is 2. The normalized spacial score (nSPS) is 11.8. The van der Waals surface area contributed by atoms with Crippen molar-refractivity contribution in [2.75, 3.05) is 30.0 Å². The van der Waals surface area contributed by atoms with E-state index in [-0.39, 0.29) is 40.3 Å². The molecule has 0 unspecified atom stereocenters. The summed E-state index contributed by atoms with van der Waals surface area (Å²) in [4.78, 5) is 28.9. The Hall–Kier alpha value is -4.24. The number of sulfonamides is 1. The highest BCUT2D eigenvalue weighted by Gasteiger charge is 2.29. The molecule has 0 radical (unpaired) electrons. The summed E-state index contributed by atoms with van der Waals surface area (Å²) in [5.74, 6) is -0.541. The summed E-state index contributed by atoms with van der Waals surface area (Å²) < 4.78 is 56.0. The predicted octanol–water partition coefficient (Wildman–Crippen LogP) is 6.00. The maximum atomic E-state index is 14.7. The number of rotatable bonds is 9. The number of ether oxygens (including phenoxy) is 3. The molecule has 0 fully saturated rings. The van der Waals surface area contributed by atoms with E-state index in [1.54, 1.807) is 47.6 Å². The van der Waals surface area contributed by atoms with Gasteiger partial charge in [0.05, 0.1) is 18.5 Å². The zero-order chi connectivity index (χ0) is 32.9. The van der Waals surface area contributed by atoms with E-state index in [0.717, 1.165) is 6.26 Å². The first-order chi connectivity index (χ1) is 20.3. The van der Waals surface area contributed by atoms with Crippen LogP contribution in [0.2, 0.25) is 5.02 Å². The second-order valence-corrected chi connectivity index (χ2v) is 13.8. The van der Waals surface area contributed by atoms with Crippen molar-refractivity contribution in [3.63, 3.8) is 0 Å². The molecule has 3 aromatic rings. The Kier molecular flexibility index (Phi) is 10.6. The summed E-state index contributed by atoms with van der Waals surface area (Å²) in [6.45, 7) is 9.24. The molecule has 44 heavy (non-hydrogen) atoms. The lowest BCUT2D eigenvalue weighted by Gasteiger charge is -2.25. The molecule has 0 aliphatic carbocycles. The number of benzene rings is 1. The Morgan fingerprint density at radius 3 is 2.32 bits per heavy atom. The van der Waals surface area contributed by atoms with Crippen molar-refractivity contribution in [1.29, 1.82) is 0 Å². The van der Waals surface area contributed by atoms with Gasteiger partial charge in [-0.2, -0.15) is 0 Å². The average molecular weight is 653 g/mol. The minimum Gasteiger partial charge on any atom is -0.473 e. The van der Waals surface area contributed by atoms with Crippen LogP contribution in [0, 0.1) is 5.82 Å². The topological polar surface area (TPSA) is 162 Å². The Morgan fingerprint density at radius 2 is 1.68 bits per heavy atom. The molecule has 3 rings (SSSR count). The van der Waals surface area contributed by atoms with Gasteiger partial charge in [-0.15, -0.1) is 10.2 Å². The molecule has 0 spiro atoms. The Balaban J connectivity index is 1.91. The fourth-order valence-corrected chi connectivity index (χ4v) is 4.36. The van der Waals surface area contributed by atoms with Crippen LogP contribution in [0.15, 0.2) is 42.6 Å². The van der Waals surface area contributed by atoms with E-state index in [4.69, 9.17) is 25.8 Å². The number of pyridine rings is 1. The van der Waals surface area contributed by atoms with Crippen LogP contribution < -0.4 is 15.4 Å². The number of hydrogen-bond acceptors (Lipinski definition) is 11. The second-order valence-electron chi connectivity index (χ2n) is 11.4. The summed E-state index contributed by atoms with van der Waals surface area (Å²) in [6.07, 6.45) is 0.509. The number of nitrogens with zero attached hydrogens (tertiary/aromatic N) is 4. The average Bonchev–Trinajstić information content (AvgIpc) is 2.86. The molecule has 1 aromatic carbocycles. The lowest BCUT2D eigenvalue weighted by molar-refractivity contribution is 0.0375. The van der Waals surface area contributed by atoms with Crippen LogP contribution in [-0.4, -0.2) is 70.7 Å². The molecule has 13 nitrogen and oxygen atoms in total. The van der Waals surface area contributed by atoms with Gasteiger partial charge >= 0.3 is 12.2 Å². The standard InChI is InChI=1S/C28H34ClFN6O7S/c1-27(2,3)42-25(37)33-23-15-18(10-11-31-23)32-22-16-21(19-14-17(29)8-9-20(19)30)34-35-24(22)41-13-12-36(44(7,39)40)26(38)43-28(4,5)6/h8-11,14-16H,12-13H2,1-7H3,(H2,31,32,33,34,37). The molecule has 2 N–H and O–H groups in total. The van der Waals surface area contributed by atoms with Crippen molar-refractivity contribution in [1.82, 2.24) is 19.5 Å². The molecule has 2 amide bonds. The van der Waals surface area contributed by atoms with Crippen LogP contribution in [0.4, 0.5) is 31.2 Å². The summed E-state index contributed by atoms with van der Waals surface area (Å²) in [5.41, 5.74) is -0.893. The minimum absolute atomic E-state index is 0.0646. The van der Waals surface area contributed by atoms with Crippen molar-refractivity contribution in [2.24, 2.45) is 0 Å². The fraction of sp³-hybridized carbons (Fsp3) is 0.393. The minimum atomic E-state index is -4.01. The number of amides is 2. The van der Waals surface area contributed by atoms with Gasteiger partial charge in [0.1, 0.15) is 35.1 Å². The van der Waals surface area contributed by atoms with E-state index in [1.165, 1.54) is 36.5 Å². The second kappa shape index (κ2) is 13.6. The molecule has 238 valence electrons. The smallest absolute Gasteiger partial charge is 0.424 e. The lowest BCUT2D eigenvalue weighted by Crippen LogP contribution is -2.42. The van der Waals surface area contributed by atoms with Crippen LogP contribution in [0.5, 0.6) is 5.88 Å². The first-order valence-corrected chi connectivity index (χ1v) is 15.4. The molecule has 16 heteroatoms. The Bertz CT molecular complexity index is 1630. The molecule has 0 aliphatic heterocycles. The molecule has 0 saturated carbocycles. The third kappa shape index (κ3) is 10.5. The van der Waals surface area contributed by atoms with Gasteiger partial charge in [-0.05, 0) is 71.9 Å². The first kappa shape index (κ1) is 34.3. The third-order valence-electron chi connectivity index (χ3n) is 5.16. The number of hydrogen-bond donors (Lipinski definition) is 2. The number of carbonyl (C=O) groups is 2. The van der Waals surface area contributed by atoms with Crippen LogP contribution in [0.3, 0.4) is 0 Å². The van der Waals surface area contributed by atoms with Crippen molar-refractivity contribution in [2.45, 2.75) is 52.7 Å². The van der Waals surface area contributed by atoms with Gasteiger partial charge in [-0.3, -0.25) is 5.32 Å². The van der Waals surface area contributed by atoms with E-state index in [0.29, 0.717) is 9.99 Å². The molecular formula is C28H34ClFN6O7S. The van der Waals surface area contributed by atoms with Crippen LogP contribution in [-0.2, 0) is 19.5 Å². The molecule has 0 aliphatic rings. The summed E-state index contributed by atoms with van der Waals surface area (Å²) in [7, 11) is -4.01. The largest absolute Gasteiger partial charge is 0.473 e. The summed E-state index contributed by atoms with van der Waals surface area (Å²) >= 11 is 6.07. The monoisotopic (exact) mass is 652 g/mol. The quantitative estimate of drug-likeness (QED) is 0.279. The Labute approximate surface area is 260 Å². The van der Waals surface area contributed by atoms with Gasteiger partial charge in [-0.1, -0.05) is 11.6 Å². The number of nitrogens with one attached hydrogen (secondary N) is 2. The van der Waals surface area contributed by atoms with Crippen LogP contribution >= 0.6 is 11.6 Å². The predicted molar refractivity (Wildman–Crippen MR) is 163 cm³/mol. The van der Waals surface area contributed by atoms with Gasteiger partial charge in [0.2, 0.25) is 10.0 Å². The van der Waals surface area contributed by atoms with Gasteiger partial charge in [0.25, 0.3) is 5.88 Å². The first-order valence-electron chi connectivity index (χ1n) is 13.2. The van der Waals surface area contributed by atoms with Gasteiger partial charge in [0, 0.05) is 28.5 Å². The van der Waals surface area contributed by atoms with E-state index < -0.39 is 45.8 Å². The van der Waals surface area contributed by atoms with Crippen molar-refractivity contribution >= 4 is 51.0 Å². The fourth-order valence-electron chi connectivity index (χ4n) is 3.47. The van der Waals surface area contributed by atoms with Crippen LogP contribution in [0.25, 0.3) is 11.3 Å². The number of anilines is 3. The summed E-state index contributed by atoms with van der Waals surface area (Å²) in [6, 6.07) is 8.48. The number of aromatic nitrogens is 3. The SMILES string of the molecule is CC(C)(C)OC(=O)Nc1cc(Nc2cc(-c3cc(Cl)ccc3F)nnc2OCCN(C(=O)OC(C)(C)C)S(C)(=O)=O)ccn1. The number of halogens is 2. The van der Waals surface area contributed by atoms with Crippen molar-refractivity contribution < 1.29 is 36.6 Å². The van der Waals surface area contributed by atoms with Gasteiger partial charge < -0.3 is 19.5 Å². The Morgan fingerprint density at radius 1 is 1.00 bits per heavy atom. The molecular weight excluding hydrogens is 619 g/mol. The highest BCUT2D eigenvalue weighted by atomic mass is 35.5. The lowest BCUT2D eigenvalue weighted by atomic mass is 10.1. The third-order valence-corrected chi connectivity index (χ3v) is 6.53. The summed E-state index contributed by atoms with van der Waals surface area (Å²) in [5, 5.41) is 14.0. The maximum Gasteiger partial charge on any atom is 0.424 e.